The Balaban J connectivity index is 2.01. The summed E-state index contributed by atoms with van der Waals surface area (Å²) in [6.07, 6.45) is -1.39. The molecule has 1 aliphatic heterocycles. The van der Waals surface area contributed by atoms with Gasteiger partial charge in [-0.1, -0.05) is 25.1 Å². The van der Waals surface area contributed by atoms with Crippen molar-refractivity contribution in [1.82, 2.24) is 0 Å². The molecule has 0 spiro atoms. The molecule has 3 rings (SSSR count). The first-order valence-electron chi connectivity index (χ1n) is 10.7. The summed E-state index contributed by atoms with van der Waals surface area (Å²) < 4.78 is 48.5. The molecule has 1 aliphatic rings. The lowest BCUT2D eigenvalue weighted by Gasteiger charge is -2.31. The molecule has 0 aromatic heterocycles. The van der Waals surface area contributed by atoms with Crippen LogP contribution in [0.4, 0.5) is 24.5 Å². The highest BCUT2D eigenvalue weighted by molar-refractivity contribution is 5.80. The number of hydrogen-bond acceptors (Lipinski definition) is 4. The predicted molar refractivity (Wildman–Crippen MR) is 123 cm³/mol. The van der Waals surface area contributed by atoms with E-state index >= 15 is 0 Å². The van der Waals surface area contributed by atoms with E-state index in [1.807, 2.05) is 19.9 Å². The van der Waals surface area contributed by atoms with Crippen molar-refractivity contribution in [3.63, 3.8) is 0 Å². The van der Waals surface area contributed by atoms with Gasteiger partial charge in [-0.15, -0.1) is 0 Å². The number of halogens is 3. The maximum Gasteiger partial charge on any atom is 0.422 e. The summed E-state index contributed by atoms with van der Waals surface area (Å²) in [5, 5.41) is 10.8. The molecule has 2 aromatic carbocycles. The first-order valence-corrected chi connectivity index (χ1v) is 10.7. The van der Waals surface area contributed by atoms with Crippen LogP contribution in [0.3, 0.4) is 0 Å². The standard InChI is InChI=1S/C25H28F3N2O3/c1-5-18(19-12-11-16(2)17(3)23(19)33-4)14-24(31,25(26,27)28)15-29-21-9-6-10-22-20(21)8-7-13-30(22)32/h6-12,15,18,31H,5,13-14H2,1-4H3/q+1. The highest BCUT2D eigenvalue weighted by Gasteiger charge is 2.53. The van der Waals surface area contributed by atoms with Crippen molar-refractivity contribution in [2.24, 2.45) is 4.99 Å². The van der Waals surface area contributed by atoms with E-state index in [0.29, 0.717) is 35.2 Å². The number of aryl methyl sites for hydroxylation is 1. The fourth-order valence-corrected chi connectivity index (χ4v) is 4.08. The topological polar surface area (TPSA) is 61.9 Å². The Labute approximate surface area is 191 Å². The maximum absolute atomic E-state index is 14.1. The number of nitrogens with zero attached hydrogens (tertiary/aromatic N) is 2. The van der Waals surface area contributed by atoms with Gasteiger partial charge in [0, 0.05) is 21.9 Å². The molecule has 1 heterocycles. The van der Waals surface area contributed by atoms with Gasteiger partial charge in [0.05, 0.1) is 18.4 Å². The minimum absolute atomic E-state index is 0.155. The van der Waals surface area contributed by atoms with Gasteiger partial charge in [0.15, 0.2) is 5.60 Å². The second-order valence-electron chi connectivity index (χ2n) is 8.29. The summed E-state index contributed by atoms with van der Waals surface area (Å²) in [4.78, 5) is 16.0. The average Bonchev–Trinajstić information content (AvgIpc) is 2.77. The van der Waals surface area contributed by atoms with Crippen LogP contribution in [0.5, 0.6) is 5.75 Å². The van der Waals surface area contributed by atoms with Crippen LogP contribution in [0.2, 0.25) is 0 Å². The summed E-state index contributed by atoms with van der Waals surface area (Å²) in [6.45, 7) is 5.68. The van der Waals surface area contributed by atoms with Crippen LogP contribution in [0.25, 0.3) is 6.08 Å². The molecule has 176 valence electrons. The number of aliphatic hydroxyl groups is 1. The largest absolute Gasteiger partial charge is 0.496 e. The molecule has 0 bridgehead atoms. The van der Waals surface area contributed by atoms with Crippen LogP contribution in [0, 0.1) is 18.8 Å². The molecule has 0 saturated carbocycles. The average molecular weight is 462 g/mol. The van der Waals surface area contributed by atoms with E-state index in [1.54, 1.807) is 37.3 Å². The third-order valence-electron chi connectivity index (χ3n) is 6.19. The molecule has 2 atom stereocenters. The third kappa shape index (κ3) is 4.85. The number of rotatable bonds is 7. The van der Waals surface area contributed by atoms with E-state index in [0.717, 1.165) is 15.9 Å². The highest BCUT2D eigenvalue weighted by Crippen LogP contribution is 2.43. The molecule has 0 radical (unpaired) electrons. The van der Waals surface area contributed by atoms with Crippen molar-refractivity contribution in [3.8, 4) is 5.75 Å². The Hall–Kier alpha value is -3.00. The molecule has 8 heteroatoms. The van der Waals surface area contributed by atoms with Gasteiger partial charge in [-0.25, -0.2) is 0 Å². The van der Waals surface area contributed by atoms with Crippen LogP contribution in [0.1, 0.15) is 47.9 Å². The minimum Gasteiger partial charge on any atom is -0.496 e. The zero-order valence-electron chi connectivity index (χ0n) is 19.1. The molecule has 1 N–H and O–H groups in total. The van der Waals surface area contributed by atoms with Crippen molar-refractivity contribution in [2.45, 2.75) is 51.3 Å². The molecule has 0 saturated heterocycles. The van der Waals surface area contributed by atoms with E-state index in [4.69, 9.17) is 4.74 Å². The van der Waals surface area contributed by atoms with Crippen molar-refractivity contribution >= 4 is 23.7 Å². The van der Waals surface area contributed by atoms with Gasteiger partial charge in [-0.3, -0.25) is 4.99 Å². The number of nitroso groups, excluding NO2 is 1. The lowest BCUT2D eigenvalue weighted by molar-refractivity contribution is -0.452. The molecule has 5 nitrogen and oxygen atoms in total. The Morgan fingerprint density at radius 2 is 1.97 bits per heavy atom. The van der Waals surface area contributed by atoms with Crippen LogP contribution in [-0.4, -0.2) is 41.5 Å². The van der Waals surface area contributed by atoms with Crippen molar-refractivity contribution < 1.29 is 27.8 Å². The molecular weight excluding hydrogens is 433 g/mol. The smallest absolute Gasteiger partial charge is 0.422 e. The van der Waals surface area contributed by atoms with E-state index in [1.165, 1.54) is 13.2 Å². The number of aliphatic imine (C=N–C) groups is 1. The molecule has 0 amide bonds. The Morgan fingerprint density at radius 1 is 1.24 bits per heavy atom. The third-order valence-corrected chi connectivity index (χ3v) is 6.19. The summed E-state index contributed by atoms with van der Waals surface area (Å²) in [7, 11) is 1.49. The number of alkyl halides is 3. The first-order chi connectivity index (χ1) is 15.5. The van der Waals surface area contributed by atoms with E-state index < -0.39 is 24.1 Å². The van der Waals surface area contributed by atoms with Gasteiger partial charge in [-0.05, 0) is 67.5 Å². The zero-order valence-corrected chi connectivity index (χ0v) is 19.1. The quantitative estimate of drug-likeness (QED) is 0.387. The monoisotopic (exact) mass is 461 g/mol. The van der Waals surface area contributed by atoms with E-state index in [9.17, 15) is 23.2 Å². The lowest BCUT2D eigenvalue weighted by Crippen LogP contribution is -2.47. The zero-order chi connectivity index (χ0) is 24.4. The molecule has 0 fully saturated rings. The Morgan fingerprint density at radius 3 is 2.61 bits per heavy atom. The number of benzene rings is 2. The van der Waals surface area contributed by atoms with Crippen LogP contribution >= 0.6 is 0 Å². The van der Waals surface area contributed by atoms with Gasteiger partial charge in [0.25, 0.3) is 5.69 Å². The molecular formula is C25H28F3N2O3+. The first kappa shape index (κ1) is 24.6. The normalized spacial score (nSPS) is 16.5. The fourth-order valence-electron chi connectivity index (χ4n) is 4.08. The second kappa shape index (κ2) is 9.47. The number of methoxy groups -OCH3 is 1. The fraction of sp³-hybridized carbons (Fsp3) is 0.400. The lowest BCUT2D eigenvalue weighted by atomic mass is 9.82. The van der Waals surface area contributed by atoms with E-state index in [-0.39, 0.29) is 12.2 Å². The molecule has 33 heavy (non-hydrogen) atoms. The van der Waals surface area contributed by atoms with Gasteiger partial charge in [0.2, 0.25) is 6.54 Å². The second-order valence-corrected chi connectivity index (χ2v) is 8.29. The van der Waals surface area contributed by atoms with Crippen LogP contribution < -0.4 is 4.74 Å². The molecule has 0 aliphatic carbocycles. The van der Waals surface area contributed by atoms with Crippen molar-refractivity contribution in [3.05, 3.63) is 63.6 Å². The molecule has 2 unspecified atom stereocenters. The summed E-state index contributed by atoms with van der Waals surface area (Å²) in [6, 6.07) is 8.24. The maximum atomic E-state index is 14.1. The minimum atomic E-state index is -4.95. The number of ether oxygens (including phenoxy) is 1. The van der Waals surface area contributed by atoms with Gasteiger partial charge >= 0.3 is 6.18 Å². The van der Waals surface area contributed by atoms with Crippen molar-refractivity contribution in [1.29, 1.82) is 0 Å². The van der Waals surface area contributed by atoms with Crippen molar-refractivity contribution in [2.75, 3.05) is 13.7 Å². The Bertz CT molecular complexity index is 1110. The Kier molecular flexibility index (Phi) is 7.07. The van der Waals surface area contributed by atoms with Gasteiger partial charge < -0.3 is 9.84 Å². The number of fused-ring (bicyclic) bond motifs is 1. The number of hydrogen-bond donors (Lipinski definition) is 1. The summed E-state index contributed by atoms with van der Waals surface area (Å²) in [5.41, 5.74) is 0.187. The van der Waals surface area contributed by atoms with Crippen LogP contribution in [-0.2, 0) is 0 Å². The van der Waals surface area contributed by atoms with Gasteiger partial charge in [-0.2, -0.15) is 13.2 Å². The summed E-state index contributed by atoms with van der Waals surface area (Å²) >= 11 is 0. The highest BCUT2D eigenvalue weighted by atomic mass is 19.4. The summed E-state index contributed by atoms with van der Waals surface area (Å²) in [5.74, 6) is -0.0971. The van der Waals surface area contributed by atoms with Crippen LogP contribution in [0.15, 0.2) is 41.4 Å². The predicted octanol–water partition coefficient (Wildman–Crippen LogP) is 6.33. The van der Waals surface area contributed by atoms with Gasteiger partial charge in [0.1, 0.15) is 5.75 Å². The molecule has 2 aromatic rings. The SMILES string of the molecule is CCC(CC(O)(C=Nc1cccc2c1C=CC[N+]2=O)C(F)(F)F)c1ccc(C)c(C)c1OC. The van der Waals surface area contributed by atoms with E-state index in [2.05, 4.69) is 4.99 Å².